The van der Waals surface area contributed by atoms with Gasteiger partial charge in [-0.1, -0.05) is 72.8 Å². The third-order valence-electron chi connectivity index (χ3n) is 5.23. The van der Waals surface area contributed by atoms with Crippen LogP contribution in [0.2, 0.25) is 0 Å². The number of rotatable bonds is 4. The molecule has 0 bridgehead atoms. The molecule has 0 aliphatic carbocycles. The van der Waals surface area contributed by atoms with Gasteiger partial charge in [-0.2, -0.15) is 0 Å². The average Bonchev–Trinajstić information content (AvgIpc) is 3.15. The number of benzene rings is 3. The second-order valence-electron chi connectivity index (χ2n) is 6.85. The molecule has 1 saturated heterocycles. The molecule has 0 aromatic heterocycles. The minimum atomic E-state index is -0.222. The SMILES string of the molecule is NC(=O)C1CN(c2cccc(-c3ccccc3)c2)CC1c1ccccc1. The molecule has 2 atom stereocenters. The number of primary amides is 1. The van der Waals surface area contributed by atoms with Crippen LogP contribution in [0.4, 0.5) is 5.69 Å². The number of nitrogens with zero attached hydrogens (tertiary/aromatic N) is 1. The molecule has 3 heteroatoms. The summed E-state index contributed by atoms with van der Waals surface area (Å²) in [5.74, 6) is -0.257. The highest BCUT2D eigenvalue weighted by Crippen LogP contribution is 2.36. The van der Waals surface area contributed by atoms with Gasteiger partial charge in [0.1, 0.15) is 0 Å². The molecule has 26 heavy (non-hydrogen) atoms. The zero-order chi connectivity index (χ0) is 17.9. The van der Waals surface area contributed by atoms with Crippen molar-refractivity contribution in [1.29, 1.82) is 0 Å². The third-order valence-corrected chi connectivity index (χ3v) is 5.23. The minimum absolute atomic E-state index is 0.133. The van der Waals surface area contributed by atoms with Gasteiger partial charge in [0.25, 0.3) is 0 Å². The van der Waals surface area contributed by atoms with E-state index in [0.29, 0.717) is 6.54 Å². The summed E-state index contributed by atoms with van der Waals surface area (Å²) in [7, 11) is 0. The van der Waals surface area contributed by atoms with Crippen LogP contribution in [-0.4, -0.2) is 19.0 Å². The van der Waals surface area contributed by atoms with Crippen molar-refractivity contribution in [1.82, 2.24) is 0 Å². The van der Waals surface area contributed by atoms with E-state index in [1.54, 1.807) is 0 Å². The molecule has 0 radical (unpaired) electrons. The van der Waals surface area contributed by atoms with Crippen LogP contribution in [-0.2, 0) is 4.79 Å². The van der Waals surface area contributed by atoms with Crippen LogP contribution in [0.3, 0.4) is 0 Å². The summed E-state index contributed by atoms with van der Waals surface area (Å²) in [6.07, 6.45) is 0. The predicted molar refractivity (Wildman–Crippen MR) is 106 cm³/mol. The fourth-order valence-electron chi connectivity index (χ4n) is 3.85. The zero-order valence-corrected chi connectivity index (χ0v) is 14.6. The fourth-order valence-corrected chi connectivity index (χ4v) is 3.85. The lowest BCUT2D eigenvalue weighted by Crippen LogP contribution is -2.29. The molecule has 2 unspecified atom stereocenters. The standard InChI is InChI=1S/C23H22N2O/c24-23(26)22-16-25(15-21(22)18-10-5-2-6-11-18)20-13-7-12-19(14-20)17-8-3-1-4-9-17/h1-14,21-22H,15-16H2,(H2,24,26). The molecule has 0 saturated carbocycles. The van der Waals surface area contributed by atoms with Crippen molar-refractivity contribution in [3.63, 3.8) is 0 Å². The molecule has 4 rings (SSSR count). The Labute approximate surface area is 154 Å². The van der Waals surface area contributed by atoms with Crippen LogP contribution in [0, 0.1) is 5.92 Å². The van der Waals surface area contributed by atoms with Crippen molar-refractivity contribution in [2.45, 2.75) is 5.92 Å². The van der Waals surface area contributed by atoms with Gasteiger partial charge in [0.2, 0.25) is 5.91 Å². The average molecular weight is 342 g/mol. The number of carbonyl (C=O) groups excluding carboxylic acids is 1. The van der Waals surface area contributed by atoms with E-state index in [1.807, 2.05) is 36.4 Å². The van der Waals surface area contributed by atoms with Gasteiger partial charge >= 0.3 is 0 Å². The molecule has 1 fully saturated rings. The molecule has 3 aromatic carbocycles. The summed E-state index contributed by atoms with van der Waals surface area (Å²) in [6, 6.07) is 29.1. The topological polar surface area (TPSA) is 46.3 Å². The Hall–Kier alpha value is -3.07. The molecular weight excluding hydrogens is 320 g/mol. The van der Waals surface area contributed by atoms with Crippen molar-refractivity contribution < 1.29 is 4.79 Å². The van der Waals surface area contributed by atoms with E-state index in [4.69, 9.17) is 5.73 Å². The maximum atomic E-state index is 12.0. The summed E-state index contributed by atoms with van der Waals surface area (Å²) in [6.45, 7) is 1.46. The Morgan fingerprint density at radius 2 is 1.46 bits per heavy atom. The summed E-state index contributed by atoms with van der Waals surface area (Å²) in [5, 5.41) is 0. The van der Waals surface area contributed by atoms with Gasteiger partial charge in [-0.3, -0.25) is 4.79 Å². The lowest BCUT2D eigenvalue weighted by atomic mass is 9.89. The quantitative estimate of drug-likeness (QED) is 0.777. The molecule has 130 valence electrons. The van der Waals surface area contributed by atoms with E-state index in [0.717, 1.165) is 12.2 Å². The van der Waals surface area contributed by atoms with Crippen molar-refractivity contribution in [2.24, 2.45) is 11.7 Å². The Balaban J connectivity index is 1.64. The third kappa shape index (κ3) is 3.21. The first kappa shape index (κ1) is 16.4. The van der Waals surface area contributed by atoms with Crippen LogP contribution in [0.15, 0.2) is 84.9 Å². The first-order valence-corrected chi connectivity index (χ1v) is 8.97. The van der Waals surface area contributed by atoms with Crippen molar-refractivity contribution in [3.8, 4) is 11.1 Å². The smallest absolute Gasteiger partial charge is 0.223 e. The highest BCUT2D eigenvalue weighted by molar-refractivity contribution is 5.80. The van der Waals surface area contributed by atoms with E-state index in [2.05, 4.69) is 53.4 Å². The molecule has 2 N–H and O–H groups in total. The number of hydrogen-bond acceptors (Lipinski definition) is 2. The van der Waals surface area contributed by atoms with Gasteiger partial charge in [0.05, 0.1) is 5.92 Å². The van der Waals surface area contributed by atoms with Gasteiger partial charge < -0.3 is 10.6 Å². The highest BCUT2D eigenvalue weighted by Gasteiger charge is 2.37. The Kier molecular flexibility index (Phi) is 4.44. The molecule has 1 aliphatic heterocycles. The second-order valence-corrected chi connectivity index (χ2v) is 6.85. The van der Waals surface area contributed by atoms with E-state index < -0.39 is 0 Å². The number of amides is 1. The molecular formula is C23H22N2O. The Morgan fingerprint density at radius 3 is 2.15 bits per heavy atom. The lowest BCUT2D eigenvalue weighted by Gasteiger charge is -2.19. The Bertz CT molecular complexity index is 892. The summed E-state index contributed by atoms with van der Waals surface area (Å²) < 4.78 is 0. The Morgan fingerprint density at radius 1 is 0.808 bits per heavy atom. The monoisotopic (exact) mass is 342 g/mol. The molecule has 0 spiro atoms. The van der Waals surface area contributed by atoms with Gasteiger partial charge in [-0.05, 0) is 28.8 Å². The summed E-state index contributed by atoms with van der Waals surface area (Å²) >= 11 is 0. The van der Waals surface area contributed by atoms with Crippen molar-refractivity contribution in [2.75, 3.05) is 18.0 Å². The van der Waals surface area contributed by atoms with E-state index in [1.165, 1.54) is 16.7 Å². The van der Waals surface area contributed by atoms with Gasteiger partial charge in [0, 0.05) is 24.7 Å². The van der Waals surface area contributed by atoms with Gasteiger partial charge in [-0.15, -0.1) is 0 Å². The van der Waals surface area contributed by atoms with Crippen molar-refractivity contribution >= 4 is 11.6 Å². The molecule has 1 aliphatic rings. The summed E-state index contributed by atoms with van der Waals surface area (Å²) in [4.78, 5) is 14.3. The van der Waals surface area contributed by atoms with Crippen LogP contribution in [0.25, 0.3) is 11.1 Å². The number of anilines is 1. The largest absolute Gasteiger partial charge is 0.370 e. The van der Waals surface area contributed by atoms with Crippen LogP contribution in [0.1, 0.15) is 11.5 Å². The maximum Gasteiger partial charge on any atom is 0.223 e. The normalized spacial score (nSPS) is 19.5. The van der Waals surface area contributed by atoms with Gasteiger partial charge in [0.15, 0.2) is 0 Å². The maximum absolute atomic E-state index is 12.0. The lowest BCUT2D eigenvalue weighted by molar-refractivity contribution is -0.121. The van der Waals surface area contributed by atoms with Crippen molar-refractivity contribution in [3.05, 3.63) is 90.5 Å². The number of nitrogens with two attached hydrogens (primary N) is 1. The van der Waals surface area contributed by atoms with Gasteiger partial charge in [-0.25, -0.2) is 0 Å². The molecule has 1 amide bonds. The zero-order valence-electron chi connectivity index (χ0n) is 14.6. The first-order chi connectivity index (χ1) is 12.7. The van der Waals surface area contributed by atoms with Crippen LogP contribution < -0.4 is 10.6 Å². The van der Waals surface area contributed by atoms with Crippen LogP contribution >= 0.6 is 0 Å². The number of hydrogen-bond donors (Lipinski definition) is 1. The molecule has 3 aromatic rings. The highest BCUT2D eigenvalue weighted by atomic mass is 16.1. The number of carbonyl (C=O) groups is 1. The molecule has 3 nitrogen and oxygen atoms in total. The minimum Gasteiger partial charge on any atom is -0.370 e. The second kappa shape index (κ2) is 7.04. The van der Waals surface area contributed by atoms with Crippen LogP contribution in [0.5, 0.6) is 0 Å². The van der Waals surface area contributed by atoms with E-state index in [-0.39, 0.29) is 17.7 Å². The fraction of sp³-hybridized carbons (Fsp3) is 0.174. The predicted octanol–water partition coefficient (Wildman–Crippen LogP) is 4.06. The van der Waals surface area contributed by atoms with E-state index in [9.17, 15) is 4.79 Å². The first-order valence-electron chi connectivity index (χ1n) is 8.97. The van der Waals surface area contributed by atoms with E-state index >= 15 is 0 Å². The summed E-state index contributed by atoms with van der Waals surface area (Å²) in [5.41, 5.74) is 10.4. The molecule has 1 heterocycles.